The van der Waals surface area contributed by atoms with Crippen LogP contribution in [0.2, 0.25) is 0 Å². The summed E-state index contributed by atoms with van der Waals surface area (Å²) >= 11 is 0. The molecule has 6 heteroatoms. The van der Waals surface area contributed by atoms with Crippen LogP contribution in [-0.2, 0) is 28.4 Å². The Hall–Kier alpha value is -2.05. The van der Waals surface area contributed by atoms with Gasteiger partial charge in [-0.3, -0.25) is 0 Å². The first kappa shape index (κ1) is 16.1. The van der Waals surface area contributed by atoms with Crippen LogP contribution < -0.4 is 9.47 Å². The van der Waals surface area contributed by atoms with Crippen molar-refractivity contribution in [3.63, 3.8) is 0 Å². The Morgan fingerprint density at radius 3 is 2.77 bits per heavy atom. The lowest BCUT2D eigenvalue weighted by molar-refractivity contribution is 0.331. The summed E-state index contributed by atoms with van der Waals surface area (Å²) in [4.78, 5) is 0.306. The third-order valence-corrected chi connectivity index (χ3v) is 7.68. The topological polar surface area (TPSA) is 55.8 Å². The van der Waals surface area contributed by atoms with E-state index in [1.807, 2.05) is 24.3 Å². The maximum atomic E-state index is 13.4. The molecule has 2 aromatic rings. The normalized spacial score (nSPS) is 20.3. The third-order valence-electron chi connectivity index (χ3n) is 5.86. The van der Waals surface area contributed by atoms with Crippen LogP contribution in [0.25, 0.3) is 0 Å². The number of ether oxygens (including phenoxy) is 2. The van der Waals surface area contributed by atoms with E-state index in [0.717, 1.165) is 36.1 Å². The zero-order valence-electron chi connectivity index (χ0n) is 14.7. The van der Waals surface area contributed by atoms with E-state index < -0.39 is 10.0 Å². The van der Waals surface area contributed by atoms with Crippen molar-refractivity contribution in [2.45, 2.75) is 36.1 Å². The highest BCUT2D eigenvalue weighted by molar-refractivity contribution is 7.89. The third kappa shape index (κ3) is 2.28. The summed E-state index contributed by atoms with van der Waals surface area (Å²) < 4.78 is 39.5. The molecule has 3 aliphatic rings. The fraction of sp³-hybridized carbons (Fsp3) is 0.400. The molecule has 1 aliphatic carbocycles. The molecule has 5 nitrogen and oxygen atoms in total. The standard InChI is InChI=1S/C20H21NO4S/c1-24-16-6-5-15-12-21(13-20(8-9-20)17(15)11-16)26(22,23)18-4-2-3-14-7-10-25-19(14)18/h2-6,11H,7-10,12-13H2,1H3. The van der Waals surface area contributed by atoms with E-state index in [9.17, 15) is 8.42 Å². The van der Waals surface area contributed by atoms with E-state index in [1.165, 1.54) is 5.56 Å². The fourth-order valence-corrected chi connectivity index (χ4v) is 5.94. The van der Waals surface area contributed by atoms with Crippen LogP contribution in [0.1, 0.15) is 29.5 Å². The first-order chi connectivity index (χ1) is 12.5. The molecular formula is C20H21NO4S. The molecule has 0 radical (unpaired) electrons. The van der Waals surface area contributed by atoms with Crippen molar-refractivity contribution in [3.05, 3.63) is 53.1 Å². The first-order valence-electron chi connectivity index (χ1n) is 8.96. The zero-order chi connectivity index (χ0) is 17.9. The smallest absolute Gasteiger partial charge is 0.247 e. The van der Waals surface area contributed by atoms with Gasteiger partial charge in [0.2, 0.25) is 10.0 Å². The molecule has 2 heterocycles. The van der Waals surface area contributed by atoms with Crippen molar-refractivity contribution >= 4 is 10.0 Å². The van der Waals surface area contributed by atoms with Crippen molar-refractivity contribution < 1.29 is 17.9 Å². The van der Waals surface area contributed by atoms with Gasteiger partial charge in [0.15, 0.2) is 0 Å². The van der Waals surface area contributed by atoms with Gasteiger partial charge in [0.1, 0.15) is 16.4 Å². The molecule has 1 saturated carbocycles. The molecule has 2 aromatic carbocycles. The van der Waals surface area contributed by atoms with Crippen LogP contribution >= 0.6 is 0 Å². The number of para-hydroxylation sites is 1. The average Bonchev–Trinajstić information content (AvgIpc) is 3.25. The molecule has 0 N–H and O–H groups in total. The summed E-state index contributed by atoms with van der Waals surface area (Å²) in [5, 5.41) is 0. The van der Waals surface area contributed by atoms with Crippen molar-refractivity contribution in [1.29, 1.82) is 0 Å². The largest absolute Gasteiger partial charge is 0.497 e. The van der Waals surface area contributed by atoms with Crippen LogP contribution in [0.15, 0.2) is 41.3 Å². The van der Waals surface area contributed by atoms with E-state index in [4.69, 9.17) is 9.47 Å². The van der Waals surface area contributed by atoms with Gasteiger partial charge in [-0.25, -0.2) is 8.42 Å². The van der Waals surface area contributed by atoms with Crippen molar-refractivity contribution in [2.75, 3.05) is 20.3 Å². The lowest BCUT2D eigenvalue weighted by Gasteiger charge is -2.34. The predicted molar refractivity (Wildman–Crippen MR) is 97.1 cm³/mol. The quantitative estimate of drug-likeness (QED) is 0.833. The highest BCUT2D eigenvalue weighted by Gasteiger charge is 2.51. The van der Waals surface area contributed by atoms with Gasteiger partial charge in [-0.15, -0.1) is 0 Å². The van der Waals surface area contributed by atoms with Crippen LogP contribution in [0, 0.1) is 0 Å². The maximum Gasteiger partial charge on any atom is 0.247 e. The Kier molecular flexibility index (Phi) is 3.40. The predicted octanol–water partition coefficient (Wildman–Crippen LogP) is 2.87. The monoisotopic (exact) mass is 371 g/mol. The highest BCUT2D eigenvalue weighted by Crippen LogP contribution is 2.54. The minimum Gasteiger partial charge on any atom is -0.497 e. The number of fused-ring (bicyclic) bond motifs is 3. The number of hydrogen-bond acceptors (Lipinski definition) is 4. The Balaban J connectivity index is 1.57. The molecule has 0 aromatic heterocycles. The molecule has 0 bridgehead atoms. The molecule has 0 unspecified atom stereocenters. The van der Waals surface area contributed by atoms with E-state index in [0.29, 0.717) is 30.3 Å². The van der Waals surface area contributed by atoms with Crippen LogP contribution in [0.4, 0.5) is 0 Å². The summed E-state index contributed by atoms with van der Waals surface area (Å²) in [6.07, 6.45) is 2.80. The summed E-state index contributed by atoms with van der Waals surface area (Å²) in [6, 6.07) is 11.4. The van der Waals surface area contributed by atoms with Gasteiger partial charge in [-0.2, -0.15) is 4.31 Å². The molecule has 2 aliphatic heterocycles. The average molecular weight is 371 g/mol. The van der Waals surface area contributed by atoms with Crippen LogP contribution in [-0.4, -0.2) is 33.0 Å². The molecule has 0 atom stereocenters. The van der Waals surface area contributed by atoms with Gasteiger partial charge in [0.25, 0.3) is 0 Å². The Labute approximate surface area is 153 Å². The Bertz CT molecular complexity index is 995. The minimum absolute atomic E-state index is 0.0615. The lowest BCUT2D eigenvalue weighted by atomic mass is 9.88. The van der Waals surface area contributed by atoms with E-state index in [1.54, 1.807) is 17.5 Å². The van der Waals surface area contributed by atoms with E-state index >= 15 is 0 Å². The Morgan fingerprint density at radius 2 is 2.00 bits per heavy atom. The lowest BCUT2D eigenvalue weighted by Crippen LogP contribution is -2.41. The van der Waals surface area contributed by atoms with E-state index in [-0.39, 0.29) is 5.41 Å². The molecular weight excluding hydrogens is 350 g/mol. The number of rotatable bonds is 3. The molecule has 136 valence electrons. The van der Waals surface area contributed by atoms with Gasteiger partial charge >= 0.3 is 0 Å². The second-order valence-corrected chi connectivity index (χ2v) is 9.33. The number of sulfonamides is 1. The molecule has 0 amide bonds. The van der Waals surface area contributed by atoms with Gasteiger partial charge in [-0.1, -0.05) is 18.2 Å². The number of hydrogen-bond donors (Lipinski definition) is 0. The van der Waals surface area contributed by atoms with Crippen LogP contribution in [0.5, 0.6) is 11.5 Å². The van der Waals surface area contributed by atoms with Gasteiger partial charge < -0.3 is 9.47 Å². The summed E-state index contributed by atoms with van der Waals surface area (Å²) in [5.74, 6) is 1.37. The second kappa shape index (κ2) is 5.47. The SMILES string of the molecule is COc1ccc2c(c1)C1(CC1)CN(S(=O)(=O)c1cccc3c1OCC3)C2. The van der Waals surface area contributed by atoms with Gasteiger partial charge in [-0.05, 0) is 47.7 Å². The highest BCUT2D eigenvalue weighted by atomic mass is 32.2. The minimum atomic E-state index is -3.60. The Morgan fingerprint density at radius 1 is 1.15 bits per heavy atom. The summed E-state index contributed by atoms with van der Waals surface area (Å²) in [7, 11) is -1.94. The fourth-order valence-electron chi connectivity index (χ4n) is 4.26. The summed E-state index contributed by atoms with van der Waals surface area (Å²) in [5.41, 5.74) is 3.24. The molecule has 1 spiro atoms. The zero-order valence-corrected chi connectivity index (χ0v) is 15.5. The van der Waals surface area contributed by atoms with Crippen molar-refractivity contribution in [1.82, 2.24) is 4.31 Å². The van der Waals surface area contributed by atoms with E-state index in [2.05, 4.69) is 6.07 Å². The first-order valence-corrected chi connectivity index (χ1v) is 10.4. The van der Waals surface area contributed by atoms with Gasteiger partial charge in [0, 0.05) is 24.9 Å². The number of methoxy groups -OCH3 is 1. The van der Waals surface area contributed by atoms with Crippen molar-refractivity contribution in [3.8, 4) is 11.5 Å². The molecule has 0 saturated heterocycles. The van der Waals surface area contributed by atoms with Crippen LogP contribution in [0.3, 0.4) is 0 Å². The number of benzene rings is 2. The second-order valence-electron chi connectivity index (χ2n) is 7.42. The molecule has 26 heavy (non-hydrogen) atoms. The molecule has 1 fully saturated rings. The molecule has 5 rings (SSSR count). The number of nitrogens with zero attached hydrogens (tertiary/aromatic N) is 1. The maximum absolute atomic E-state index is 13.4. The van der Waals surface area contributed by atoms with Gasteiger partial charge in [0.05, 0.1) is 13.7 Å². The summed E-state index contributed by atoms with van der Waals surface area (Å²) in [6.45, 7) is 1.47. The van der Waals surface area contributed by atoms with Crippen molar-refractivity contribution in [2.24, 2.45) is 0 Å².